The molecule has 120 valence electrons. The number of fused-ring (bicyclic) bond motifs is 1. The number of rotatable bonds is 3. The molecule has 0 aromatic carbocycles. The summed E-state index contributed by atoms with van der Waals surface area (Å²) in [5.74, 6) is -5.59. The topological polar surface area (TPSA) is 124 Å². The molecule has 3 rings (SSSR count). The van der Waals surface area contributed by atoms with Gasteiger partial charge in [0.05, 0.1) is 5.25 Å². The van der Waals surface area contributed by atoms with Crippen molar-refractivity contribution >= 4 is 26.2 Å². The molecule has 1 saturated heterocycles. The third kappa shape index (κ3) is 1.92. The van der Waals surface area contributed by atoms with Gasteiger partial charge in [-0.3, -0.25) is 4.55 Å². The Morgan fingerprint density at radius 1 is 1.38 bits per heavy atom. The first-order valence-electron chi connectivity index (χ1n) is 5.92. The Morgan fingerprint density at radius 3 is 2.52 bits per heavy atom. The van der Waals surface area contributed by atoms with Gasteiger partial charge in [0.15, 0.2) is 0 Å². The molecule has 0 radical (unpaired) electrons. The molecule has 2 aliphatic carbocycles. The maximum Gasteiger partial charge on any atom is 0.465 e. The van der Waals surface area contributed by atoms with E-state index in [2.05, 4.69) is 4.74 Å². The van der Waals surface area contributed by atoms with Crippen LogP contribution in [0.2, 0.25) is 0 Å². The second-order valence-corrected chi connectivity index (χ2v) is 8.68. The van der Waals surface area contributed by atoms with Crippen molar-refractivity contribution in [1.82, 2.24) is 0 Å². The van der Waals surface area contributed by atoms with Crippen LogP contribution in [0.1, 0.15) is 19.3 Å². The number of hydrogen-bond donors (Lipinski definition) is 1. The van der Waals surface area contributed by atoms with E-state index in [-0.39, 0.29) is 12.3 Å². The van der Waals surface area contributed by atoms with E-state index in [0.717, 1.165) is 0 Å². The summed E-state index contributed by atoms with van der Waals surface area (Å²) in [4.78, 5) is 11.4. The van der Waals surface area contributed by atoms with Gasteiger partial charge in [0, 0.05) is 12.3 Å². The molecule has 2 saturated carbocycles. The largest absolute Gasteiger partial charge is 0.465 e. The van der Waals surface area contributed by atoms with Crippen molar-refractivity contribution in [2.45, 2.75) is 35.6 Å². The van der Waals surface area contributed by atoms with Gasteiger partial charge < -0.3 is 4.74 Å². The highest BCUT2D eigenvalue weighted by molar-refractivity contribution is 7.88. The van der Waals surface area contributed by atoms with E-state index in [4.69, 9.17) is 8.74 Å². The van der Waals surface area contributed by atoms with Crippen LogP contribution in [0.5, 0.6) is 0 Å². The van der Waals surface area contributed by atoms with E-state index >= 15 is 0 Å². The van der Waals surface area contributed by atoms with E-state index in [0.29, 0.717) is 12.8 Å². The van der Waals surface area contributed by atoms with Crippen molar-refractivity contribution in [1.29, 1.82) is 0 Å². The molecule has 4 atom stereocenters. The van der Waals surface area contributed by atoms with Crippen molar-refractivity contribution in [2.75, 3.05) is 0 Å². The van der Waals surface area contributed by atoms with Crippen LogP contribution in [-0.2, 0) is 34.0 Å². The summed E-state index contributed by atoms with van der Waals surface area (Å²) >= 11 is 0. The molecule has 1 N–H and O–H groups in total. The van der Waals surface area contributed by atoms with Crippen molar-refractivity contribution in [3.8, 4) is 0 Å². The molecular formula is C9H10F2O8S2. The maximum absolute atomic E-state index is 13.2. The van der Waals surface area contributed by atoms with Crippen LogP contribution in [0.15, 0.2) is 0 Å². The molecule has 1 heterocycles. The number of esters is 1. The molecule has 2 bridgehead atoms. The first-order chi connectivity index (χ1) is 9.39. The average molecular weight is 348 g/mol. The van der Waals surface area contributed by atoms with Crippen LogP contribution in [0.4, 0.5) is 8.78 Å². The number of alkyl halides is 2. The van der Waals surface area contributed by atoms with Crippen molar-refractivity contribution < 1.29 is 43.9 Å². The van der Waals surface area contributed by atoms with Crippen LogP contribution in [-0.4, -0.2) is 43.6 Å². The van der Waals surface area contributed by atoms with Crippen LogP contribution >= 0.6 is 0 Å². The van der Waals surface area contributed by atoms with E-state index in [9.17, 15) is 30.4 Å². The summed E-state index contributed by atoms with van der Waals surface area (Å²) in [6.07, 6.45) is 0.524. The molecule has 0 spiro atoms. The van der Waals surface area contributed by atoms with Gasteiger partial charge >= 0.3 is 21.3 Å². The molecule has 1 aliphatic heterocycles. The summed E-state index contributed by atoms with van der Waals surface area (Å²) < 4.78 is 88.4. The lowest BCUT2D eigenvalue weighted by molar-refractivity contribution is -0.218. The summed E-state index contributed by atoms with van der Waals surface area (Å²) in [5, 5.41) is -6.13. The number of hydrogen-bond acceptors (Lipinski definition) is 7. The van der Waals surface area contributed by atoms with E-state index in [1.54, 1.807) is 0 Å². The second kappa shape index (κ2) is 3.91. The van der Waals surface area contributed by atoms with E-state index < -0.39 is 48.4 Å². The summed E-state index contributed by atoms with van der Waals surface area (Å²) in [5.41, 5.74) is 0. The SMILES string of the molecule is O=C(OC12CC3CC1C(C3)S(=O)(=O)O2)C(F)(F)S(=O)(=O)O. The zero-order chi connectivity index (χ0) is 15.8. The number of ether oxygens (including phenoxy) is 1. The van der Waals surface area contributed by atoms with Crippen LogP contribution < -0.4 is 0 Å². The normalized spacial score (nSPS) is 40.4. The van der Waals surface area contributed by atoms with Gasteiger partial charge in [-0.15, -0.1) is 0 Å². The molecule has 0 amide bonds. The first kappa shape index (κ1) is 15.1. The molecule has 3 aliphatic rings. The number of halogens is 2. The molecule has 4 unspecified atom stereocenters. The quantitative estimate of drug-likeness (QED) is 0.425. The van der Waals surface area contributed by atoms with E-state index in [1.165, 1.54) is 0 Å². The van der Waals surface area contributed by atoms with Crippen molar-refractivity contribution in [2.24, 2.45) is 11.8 Å². The molecule has 0 aromatic rings. The zero-order valence-electron chi connectivity index (χ0n) is 10.2. The lowest BCUT2D eigenvalue weighted by Crippen LogP contribution is -2.47. The summed E-state index contributed by atoms with van der Waals surface area (Å²) in [6.45, 7) is 0. The van der Waals surface area contributed by atoms with Crippen molar-refractivity contribution in [3.63, 3.8) is 0 Å². The minimum absolute atomic E-state index is 0.0965. The highest BCUT2D eigenvalue weighted by Gasteiger charge is 2.71. The summed E-state index contributed by atoms with van der Waals surface area (Å²) in [6, 6.07) is 0. The molecule has 21 heavy (non-hydrogen) atoms. The Kier molecular flexibility index (Phi) is 2.81. The Balaban J connectivity index is 1.91. The highest BCUT2D eigenvalue weighted by Crippen LogP contribution is 2.61. The van der Waals surface area contributed by atoms with Crippen LogP contribution in [0.3, 0.4) is 0 Å². The lowest BCUT2D eigenvalue weighted by atomic mass is 9.94. The predicted molar refractivity (Wildman–Crippen MR) is 59.9 cm³/mol. The molecular weight excluding hydrogens is 338 g/mol. The Labute approximate surface area is 118 Å². The fourth-order valence-corrected chi connectivity index (χ4v) is 5.64. The zero-order valence-corrected chi connectivity index (χ0v) is 11.9. The lowest BCUT2D eigenvalue weighted by Gasteiger charge is -2.29. The van der Waals surface area contributed by atoms with Gasteiger partial charge in [-0.05, 0) is 18.8 Å². The second-order valence-electron chi connectivity index (χ2n) is 5.46. The number of carbonyl (C=O) groups excluding carboxylic acids is 1. The van der Waals surface area contributed by atoms with Gasteiger partial charge in [-0.25, -0.2) is 8.98 Å². The Hall–Kier alpha value is -0.850. The minimum Gasteiger partial charge on any atom is -0.426 e. The monoisotopic (exact) mass is 348 g/mol. The fraction of sp³-hybridized carbons (Fsp3) is 0.889. The van der Waals surface area contributed by atoms with Gasteiger partial charge in [0.25, 0.3) is 10.1 Å². The third-order valence-corrected chi connectivity index (χ3v) is 6.79. The van der Waals surface area contributed by atoms with Gasteiger partial charge in [0.2, 0.25) is 5.79 Å². The molecule has 3 fully saturated rings. The molecule has 0 aromatic heterocycles. The van der Waals surface area contributed by atoms with Crippen LogP contribution in [0.25, 0.3) is 0 Å². The average Bonchev–Trinajstić information content (AvgIpc) is 2.85. The third-order valence-electron chi connectivity index (χ3n) is 4.19. The van der Waals surface area contributed by atoms with Crippen LogP contribution in [0, 0.1) is 11.8 Å². The van der Waals surface area contributed by atoms with Gasteiger partial charge in [-0.1, -0.05) is 0 Å². The molecule has 12 heteroatoms. The Bertz CT molecular complexity index is 714. The fourth-order valence-electron chi connectivity index (χ4n) is 3.41. The molecule has 8 nitrogen and oxygen atoms in total. The predicted octanol–water partition coefficient (Wildman–Crippen LogP) is -0.135. The first-order valence-corrected chi connectivity index (χ1v) is 8.83. The Morgan fingerprint density at radius 2 is 2.00 bits per heavy atom. The smallest absolute Gasteiger partial charge is 0.426 e. The maximum atomic E-state index is 13.2. The van der Waals surface area contributed by atoms with Gasteiger partial charge in [-0.2, -0.15) is 25.6 Å². The minimum atomic E-state index is -6.02. The van der Waals surface area contributed by atoms with E-state index in [1.807, 2.05) is 0 Å². The number of carbonyl (C=O) groups is 1. The van der Waals surface area contributed by atoms with Crippen molar-refractivity contribution in [3.05, 3.63) is 0 Å². The standard InChI is InChI=1S/C9H10F2O8S2/c10-9(11,21(15,16)17)7(12)18-8-3-4-1-5(8)6(2-4)20(13,14)19-8/h4-6H,1-3H2,(H,15,16,17). The highest BCUT2D eigenvalue weighted by atomic mass is 32.2. The summed E-state index contributed by atoms with van der Waals surface area (Å²) in [7, 11) is -10.1. The van der Waals surface area contributed by atoms with Gasteiger partial charge in [0.1, 0.15) is 0 Å².